The van der Waals surface area contributed by atoms with Crippen LogP contribution in [0.3, 0.4) is 0 Å². The number of carbonyl (C=O) groups is 1. The molecule has 1 aromatic carbocycles. The Balaban J connectivity index is 2.26. The van der Waals surface area contributed by atoms with Gasteiger partial charge in [-0.25, -0.2) is 0 Å². The lowest BCUT2D eigenvalue weighted by atomic mass is 10.3. The number of aromatic nitrogens is 1. The average Bonchev–Trinajstić information content (AvgIpc) is 2.52. The number of halogens is 2. The number of benzene rings is 1. The van der Waals surface area contributed by atoms with Gasteiger partial charge in [-0.2, -0.15) is 8.42 Å². The first-order valence-electron chi connectivity index (χ1n) is 7.18. The first kappa shape index (κ1) is 19.3. The summed E-state index contributed by atoms with van der Waals surface area (Å²) in [4.78, 5) is 15.7. The third kappa shape index (κ3) is 5.22. The Morgan fingerprint density at radius 1 is 1.12 bits per heavy atom. The molecule has 3 N–H and O–H groups in total. The molecule has 0 bridgehead atoms. The van der Waals surface area contributed by atoms with Crippen molar-refractivity contribution in [2.75, 3.05) is 10.0 Å². The van der Waals surface area contributed by atoms with Crippen molar-refractivity contribution in [3.05, 3.63) is 46.7 Å². The fraction of sp³-hybridized carbons (Fsp3) is 0.200. The summed E-state index contributed by atoms with van der Waals surface area (Å²) in [7, 11) is -4.27. The zero-order valence-electron chi connectivity index (χ0n) is 13.4. The van der Waals surface area contributed by atoms with E-state index in [-0.39, 0.29) is 11.7 Å². The van der Waals surface area contributed by atoms with Gasteiger partial charge < -0.3 is 10.6 Å². The van der Waals surface area contributed by atoms with Crippen LogP contribution in [0.4, 0.5) is 21.9 Å². The van der Waals surface area contributed by atoms with Crippen LogP contribution in [-0.2, 0) is 10.0 Å². The minimum atomic E-state index is -4.27. The molecule has 1 heterocycles. The summed E-state index contributed by atoms with van der Waals surface area (Å²) in [6, 6.07) is 6.12. The molecule has 10 heteroatoms. The Bertz CT molecular complexity index is 888. The first-order valence-corrected chi connectivity index (χ1v) is 9.42. The van der Waals surface area contributed by atoms with E-state index in [9.17, 15) is 13.2 Å². The number of nitrogens with zero attached hydrogens (tertiary/aromatic N) is 1. The second-order valence-electron chi connectivity index (χ2n) is 5.37. The van der Waals surface area contributed by atoms with Crippen molar-refractivity contribution >= 4 is 55.5 Å². The molecule has 7 nitrogen and oxygen atoms in total. The van der Waals surface area contributed by atoms with Crippen molar-refractivity contribution in [3.63, 3.8) is 0 Å². The van der Waals surface area contributed by atoms with Crippen LogP contribution >= 0.6 is 23.2 Å². The summed E-state index contributed by atoms with van der Waals surface area (Å²) in [5.41, 5.74) is 1.11. The van der Waals surface area contributed by atoms with Crippen LogP contribution in [0.1, 0.15) is 13.8 Å². The molecule has 0 saturated carbocycles. The predicted molar refractivity (Wildman–Crippen MR) is 100 cm³/mol. The van der Waals surface area contributed by atoms with Gasteiger partial charge in [0.1, 0.15) is 0 Å². The first-order chi connectivity index (χ1) is 11.7. The number of nitrogens with one attached hydrogen (secondary N) is 3. The third-order valence-electron chi connectivity index (χ3n) is 2.91. The van der Waals surface area contributed by atoms with Crippen LogP contribution in [0.5, 0.6) is 0 Å². The molecule has 134 valence electrons. The largest absolute Gasteiger partial charge is 0.357 e. The van der Waals surface area contributed by atoms with E-state index in [0.717, 1.165) is 0 Å². The summed E-state index contributed by atoms with van der Waals surface area (Å²) in [6.07, 6.45) is 2.77. The van der Waals surface area contributed by atoms with Gasteiger partial charge in [-0.05, 0) is 38.1 Å². The molecule has 0 atom stereocenters. The molecule has 2 rings (SSSR count). The van der Waals surface area contributed by atoms with Crippen LogP contribution in [-0.4, -0.2) is 24.7 Å². The topological polar surface area (TPSA) is 100 Å². The summed E-state index contributed by atoms with van der Waals surface area (Å²) in [5, 5.41) is 4.95. The minimum Gasteiger partial charge on any atom is -0.354 e. The summed E-state index contributed by atoms with van der Waals surface area (Å²) in [6.45, 7) is 3.32. The van der Waals surface area contributed by atoms with Crippen LogP contribution in [0.25, 0.3) is 0 Å². The van der Waals surface area contributed by atoms with Crippen LogP contribution in [0, 0.1) is 0 Å². The fourth-order valence-electron chi connectivity index (χ4n) is 1.82. The van der Waals surface area contributed by atoms with Gasteiger partial charge in [0.2, 0.25) is 0 Å². The average molecular weight is 403 g/mol. The number of rotatable bonds is 5. The highest BCUT2D eigenvalue weighted by molar-refractivity contribution is 8.07. The molecule has 0 aliphatic rings. The van der Waals surface area contributed by atoms with Crippen molar-refractivity contribution in [2.45, 2.75) is 19.9 Å². The maximum atomic E-state index is 12.1. The number of hydrogen-bond donors (Lipinski definition) is 3. The molecule has 1 amide bonds. The number of carbonyl (C=O) groups excluding carboxylic acids is 1. The van der Waals surface area contributed by atoms with Crippen LogP contribution < -0.4 is 15.4 Å². The van der Waals surface area contributed by atoms with Gasteiger partial charge >= 0.3 is 15.3 Å². The zero-order chi connectivity index (χ0) is 18.6. The van der Waals surface area contributed by atoms with Crippen LogP contribution in [0.2, 0.25) is 10.0 Å². The van der Waals surface area contributed by atoms with Gasteiger partial charge in [0.15, 0.2) is 0 Å². The van der Waals surface area contributed by atoms with E-state index in [1.165, 1.54) is 12.4 Å². The number of anilines is 3. The van der Waals surface area contributed by atoms with E-state index in [1.54, 1.807) is 38.1 Å². The normalized spacial score (nSPS) is 11.2. The molecule has 0 aliphatic heterocycles. The minimum absolute atomic E-state index is 0.118. The van der Waals surface area contributed by atoms with Crippen molar-refractivity contribution in [3.8, 4) is 0 Å². The number of amides is 1. The Morgan fingerprint density at radius 3 is 2.48 bits per heavy atom. The van der Waals surface area contributed by atoms with E-state index >= 15 is 0 Å². The van der Waals surface area contributed by atoms with Gasteiger partial charge in [0.25, 0.3) is 0 Å². The molecule has 2 aromatic rings. The third-order valence-corrected chi connectivity index (χ3v) is 4.75. The lowest BCUT2D eigenvalue weighted by molar-refractivity contribution is 0.256. The highest BCUT2D eigenvalue weighted by Crippen LogP contribution is 2.29. The summed E-state index contributed by atoms with van der Waals surface area (Å²) >= 11 is 11.8. The van der Waals surface area contributed by atoms with Crippen molar-refractivity contribution < 1.29 is 13.2 Å². The van der Waals surface area contributed by atoms with Gasteiger partial charge in [-0.3, -0.25) is 14.5 Å². The molecule has 0 fully saturated rings. The highest BCUT2D eigenvalue weighted by atomic mass is 35.5. The Morgan fingerprint density at radius 2 is 1.84 bits per heavy atom. The Hall–Kier alpha value is -2.03. The van der Waals surface area contributed by atoms with E-state index < -0.39 is 15.3 Å². The molecular weight excluding hydrogens is 387 g/mol. The van der Waals surface area contributed by atoms with Crippen molar-refractivity contribution in [1.82, 2.24) is 10.3 Å². The van der Waals surface area contributed by atoms with Crippen molar-refractivity contribution in [1.29, 1.82) is 0 Å². The second-order valence-corrected chi connectivity index (χ2v) is 7.76. The maximum absolute atomic E-state index is 12.1. The van der Waals surface area contributed by atoms with E-state index in [1.807, 2.05) is 0 Å². The highest BCUT2D eigenvalue weighted by Gasteiger charge is 2.23. The Labute approximate surface area is 155 Å². The van der Waals surface area contributed by atoms with E-state index in [2.05, 4.69) is 20.3 Å². The smallest absolute Gasteiger partial charge is 0.354 e. The maximum Gasteiger partial charge on any atom is 0.357 e. The lowest BCUT2D eigenvalue weighted by Gasteiger charge is -2.14. The van der Waals surface area contributed by atoms with Gasteiger partial charge in [-0.1, -0.05) is 23.2 Å². The predicted octanol–water partition coefficient (Wildman–Crippen LogP) is 3.99. The quantitative estimate of drug-likeness (QED) is 0.701. The monoisotopic (exact) mass is 402 g/mol. The van der Waals surface area contributed by atoms with Gasteiger partial charge in [0, 0.05) is 17.9 Å². The molecule has 0 radical (unpaired) electrons. The second kappa shape index (κ2) is 7.90. The number of sulfonamides is 1. The van der Waals surface area contributed by atoms with Crippen LogP contribution in [0.15, 0.2) is 36.7 Å². The van der Waals surface area contributed by atoms with E-state index in [4.69, 9.17) is 23.2 Å². The SMILES string of the molecule is CC(C)NC(=O)S(=O)(=O)Nc1cnccc1Nc1ccc(Cl)c(Cl)c1. The summed E-state index contributed by atoms with van der Waals surface area (Å²) in [5.74, 6) is 0. The molecular formula is C15H16Cl2N4O3S. The number of hydrogen-bond acceptors (Lipinski definition) is 5. The van der Waals surface area contributed by atoms with Crippen molar-refractivity contribution in [2.24, 2.45) is 0 Å². The lowest BCUT2D eigenvalue weighted by Crippen LogP contribution is -2.37. The molecule has 0 saturated heterocycles. The molecule has 25 heavy (non-hydrogen) atoms. The molecule has 0 unspecified atom stereocenters. The molecule has 0 aliphatic carbocycles. The number of pyridine rings is 1. The van der Waals surface area contributed by atoms with E-state index in [0.29, 0.717) is 21.4 Å². The van der Waals surface area contributed by atoms with Gasteiger partial charge in [-0.15, -0.1) is 0 Å². The molecule has 1 aromatic heterocycles. The fourth-order valence-corrected chi connectivity index (χ4v) is 3.05. The Kier molecular flexibility index (Phi) is 6.10. The van der Waals surface area contributed by atoms with Gasteiger partial charge in [0.05, 0.1) is 27.6 Å². The summed E-state index contributed by atoms with van der Waals surface area (Å²) < 4.78 is 26.5. The standard InChI is InChI=1S/C15H16Cl2N4O3S/c1-9(2)19-15(22)25(23,24)21-14-8-18-6-5-13(14)20-10-3-4-11(16)12(17)7-10/h3-9,21H,1-2H3,(H,18,20)(H,19,22). The zero-order valence-corrected chi connectivity index (χ0v) is 15.7. The molecule has 0 spiro atoms.